The van der Waals surface area contributed by atoms with E-state index in [0.29, 0.717) is 29.8 Å². The highest BCUT2D eigenvalue weighted by atomic mass is 16.6. The number of azo groups is 1. The predicted octanol–water partition coefficient (Wildman–Crippen LogP) is 4.73. The van der Waals surface area contributed by atoms with Crippen LogP contribution >= 0.6 is 0 Å². The van der Waals surface area contributed by atoms with Crippen molar-refractivity contribution in [2.24, 2.45) is 10.2 Å². The van der Waals surface area contributed by atoms with E-state index in [2.05, 4.69) is 10.2 Å². The molecule has 0 radical (unpaired) electrons. The number of nitrogens with zero attached hydrogens (tertiary/aromatic N) is 2. The number of hydrogen-bond donors (Lipinski definition) is 0. The fourth-order valence-electron chi connectivity index (χ4n) is 3.19. The first-order chi connectivity index (χ1) is 14.6. The van der Waals surface area contributed by atoms with E-state index in [1.807, 2.05) is 6.07 Å². The van der Waals surface area contributed by atoms with Crippen molar-refractivity contribution in [1.29, 1.82) is 0 Å². The van der Waals surface area contributed by atoms with Crippen molar-refractivity contribution >= 4 is 29.3 Å². The topological polar surface area (TPSA) is 104 Å². The molecule has 31 heavy (non-hydrogen) atoms. The molecular weight excluding hydrogens is 400 g/mol. The second-order valence-electron chi connectivity index (χ2n) is 8.06. The Labute approximate surface area is 180 Å². The highest BCUT2D eigenvalue weighted by Gasteiger charge is 2.23. The summed E-state index contributed by atoms with van der Waals surface area (Å²) in [5, 5.41) is 8.58. The van der Waals surface area contributed by atoms with Gasteiger partial charge in [-0.1, -0.05) is 6.07 Å². The Hall–Kier alpha value is -3.55. The van der Waals surface area contributed by atoms with Gasteiger partial charge in [-0.05, 0) is 69.0 Å². The molecule has 1 aliphatic rings. The van der Waals surface area contributed by atoms with E-state index < -0.39 is 23.5 Å². The number of hydrogen-bond acceptors (Lipinski definition) is 8. The normalized spacial score (nSPS) is 13.7. The first kappa shape index (κ1) is 22.1. The summed E-state index contributed by atoms with van der Waals surface area (Å²) in [7, 11) is 2.48. The number of rotatable bonds is 3. The van der Waals surface area contributed by atoms with E-state index >= 15 is 0 Å². The molecule has 0 atom stereocenters. The average Bonchev–Trinajstić information content (AvgIpc) is 2.72. The van der Waals surface area contributed by atoms with Gasteiger partial charge < -0.3 is 14.2 Å². The fraction of sp³-hybridized carbons (Fsp3) is 0.348. The summed E-state index contributed by atoms with van der Waals surface area (Å²) in [6, 6.07) is 8.22. The molecule has 8 heteroatoms. The predicted molar refractivity (Wildman–Crippen MR) is 112 cm³/mol. The highest BCUT2D eigenvalue weighted by Crippen LogP contribution is 2.33. The quantitative estimate of drug-likeness (QED) is 0.521. The third kappa shape index (κ3) is 4.96. The maximum atomic E-state index is 12.4. The summed E-state index contributed by atoms with van der Waals surface area (Å²) in [5.41, 5.74) is 2.58. The summed E-state index contributed by atoms with van der Waals surface area (Å²) in [6.07, 6.45) is 1.16. The molecule has 0 amide bonds. The van der Waals surface area contributed by atoms with Crippen LogP contribution in [0.3, 0.4) is 0 Å². The molecule has 1 aliphatic heterocycles. The van der Waals surface area contributed by atoms with Gasteiger partial charge in [0, 0.05) is 0 Å². The Balaban J connectivity index is 2.02. The minimum absolute atomic E-state index is 0.0513. The Morgan fingerprint density at radius 3 is 1.90 bits per heavy atom. The maximum Gasteiger partial charge on any atom is 0.338 e. The largest absolute Gasteiger partial charge is 0.465 e. The van der Waals surface area contributed by atoms with Crippen LogP contribution in [0.15, 0.2) is 40.6 Å². The van der Waals surface area contributed by atoms with Crippen LogP contribution < -0.4 is 0 Å². The Morgan fingerprint density at radius 2 is 1.32 bits per heavy atom. The molecule has 0 saturated heterocycles. The van der Waals surface area contributed by atoms with E-state index in [4.69, 9.17) is 14.2 Å². The third-order valence-corrected chi connectivity index (χ3v) is 4.68. The van der Waals surface area contributed by atoms with Crippen LogP contribution in [0.25, 0.3) is 0 Å². The molecular formula is C23H24N2O6. The SMILES string of the molecule is COC(=O)c1cc2c(cc1C(=O)OC)/N=N\c1cc(C(=O)OC(C)(C)C)ccc1CC2. The molecule has 2 aromatic rings. The van der Waals surface area contributed by atoms with E-state index in [-0.39, 0.29) is 11.1 Å². The van der Waals surface area contributed by atoms with Gasteiger partial charge in [0.2, 0.25) is 0 Å². The smallest absolute Gasteiger partial charge is 0.338 e. The molecule has 2 aromatic carbocycles. The standard InChI is InChI=1S/C23H24N2O6/c1-23(2,3)31-20(26)15-9-7-13-6-8-14-10-16(21(27)29-4)17(22(28)30-5)12-19(14)25-24-18(13)11-15/h7,9-12H,6,8H2,1-5H3/b25-24-. The zero-order chi connectivity index (χ0) is 22.8. The highest BCUT2D eigenvalue weighted by molar-refractivity contribution is 6.04. The zero-order valence-corrected chi connectivity index (χ0v) is 18.1. The summed E-state index contributed by atoms with van der Waals surface area (Å²) in [5.74, 6) is -1.75. The van der Waals surface area contributed by atoms with Gasteiger partial charge in [0.05, 0.1) is 42.3 Å². The first-order valence-electron chi connectivity index (χ1n) is 9.74. The molecule has 162 valence electrons. The number of carbonyl (C=O) groups excluding carboxylic acids is 3. The summed E-state index contributed by atoms with van der Waals surface area (Å²) < 4.78 is 15.0. The zero-order valence-electron chi connectivity index (χ0n) is 18.1. The lowest BCUT2D eigenvalue weighted by atomic mass is 9.95. The minimum atomic E-state index is -0.673. The van der Waals surface area contributed by atoms with Crippen molar-refractivity contribution in [2.45, 2.75) is 39.2 Å². The Kier molecular flexibility index (Phi) is 6.19. The molecule has 3 rings (SSSR count). The van der Waals surface area contributed by atoms with Gasteiger partial charge in [0.1, 0.15) is 5.60 Å². The third-order valence-electron chi connectivity index (χ3n) is 4.68. The van der Waals surface area contributed by atoms with Crippen molar-refractivity contribution in [3.63, 3.8) is 0 Å². The van der Waals surface area contributed by atoms with E-state index in [0.717, 1.165) is 11.1 Å². The van der Waals surface area contributed by atoms with Gasteiger partial charge in [-0.3, -0.25) is 0 Å². The van der Waals surface area contributed by atoms with E-state index in [1.165, 1.54) is 20.3 Å². The molecule has 0 aromatic heterocycles. The van der Waals surface area contributed by atoms with Gasteiger partial charge in [0.15, 0.2) is 0 Å². The number of aryl methyl sites for hydroxylation is 2. The molecule has 1 heterocycles. The molecule has 0 bridgehead atoms. The Bertz CT molecular complexity index is 1080. The lowest BCUT2D eigenvalue weighted by Gasteiger charge is -2.20. The molecule has 0 aliphatic carbocycles. The van der Waals surface area contributed by atoms with E-state index in [9.17, 15) is 14.4 Å². The number of ether oxygens (including phenoxy) is 3. The van der Waals surface area contributed by atoms with Crippen LogP contribution in [-0.2, 0) is 27.1 Å². The first-order valence-corrected chi connectivity index (χ1v) is 9.74. The Morgan fingerprint density at radius 1 is 0.774 bits per heavy atom. The van der Waals surface area contributed by atoms with Crippen LogP contribution in [-0.4, -0.2) is 37.7 Å². The monoisotopic (exact) mass is 424 g/mol. The number of methoxy groups -OCH3 is 2. The molecule has 0 N–H and O–H groups in total. The van der Waals surface area contributed by atoms with Crippen molar-refractivity contribution in [3.05, 3.63) is 58.1 Å². The second kappa shape index (κ2) is 8.67. The van der Waals surface area contributed by atoms with Gasteiger partial charge in [0.25, 0.3) is 0 Å². The lowest BCUT2D eigenvalue weighted by Crippen LogP contribution is -2.23. The van der Waals surface area contributed by atoms with Crippen LogP contribution in [0.5, 0.6) is 0 Å². The fourth-order valence-corrected chi connectivity index (χ4v) is 3.19. The van der Waals surface area contributed by atoms with E-state index in [1.54, 1.807) is 39.0 Å². The number of esters is 3. The number of benzene rings is 2. The molecule has 8 nitrogen and oxygen atoms in total. The van der Waals surface area contributed by atoms with Crippen LogP contribution in [0.1, 0.15) is 63.0 Å². The summed E-state index contributed by atoms with van der Waals surface area (Å²) in [6.45, 7) is 5.41. The molecule has 0 saturated carbocycles. The van der Waals surface area contributed by atoms with Gasteiger partial charge in [-0.2, -0.15) is 10.2 Å². The molecule has 0 fully saturated rings. The van der Waals surface area contributed by atoms with Gasteiger partial charge in [-0.25, -0.2) is 14.4 Å². The average molecular weight is 424 g/mol. The minimum Gasteiger partial charge on any atom is -0.465 e. The van der Waals surface area contributed by atoms with Crippen LogP contribution in [0.2, 0.25) is 0 Å². The second-order valence-corrected chi connectivity index (χ2v) is 8.06. The summed E-state index contributed by atoms with van der Waals surface area (Å²) in [4.78, 5) is 36.7. The maximum absolute atomic E-state index is 12.4. The lowest BCUT2D eigenvalue weighted by molar-refractivity contribution is 0.00691. The number of carbonyl (C=O) groups is 3. The van der Waals surface area contributed by atoms with Gasteiger partial charge in [-0.15, -0.1) is 0 Å². The number of fused-ring (bicyclic) bond motifs is 2. The summed E-state index contributed by atoms with van der Waals surface area (Å²) >= 11 is 0. The molecule has 0 unspecified atom stereocenters. The van der Waals surface area contributed by atoms with Crippen molar-refractivity contribution in [1.82, 2.24) is 0 Å². The van der Waals surface area contributed by atoms with Crippen molar-refractivity contribution in [2.75, 3.05) is 14.2 Å². The van der Waals surface area contributed by atoms with Crippen LogP contribution in [0, 0.1) is 0 Å². The van der Waals surface area contributed by atoms with Crippen molar-refractivity contribution in [3.8, 4) is 0 Å². The van der Waals surface area contributed by atoms with Crippen molar-refractivity contribution < 1.29 is 28.6 Å². The van der Waals surface area contributed by atoms with Gasteiger partial charge >= 0.3 is 17.9 Å². The molecule has 0 spiro atoms. The van der Waals surface area contributed by atoms with Crippen LogP contribution in [0.4, 0.5) is 11.4 Å².